The van der Waals surface area contributed by atoms with Crippen LogP contribution in [0.25, 0.3) is 167 Å². The van der Waals surface area contributed by atoms with Crippen molar-refractivity contribution in [2.75, 3.05) is 23.0 Å². The zero-order chi connectivity index (χ0) is 92.6. The van der Waals surface area contributed by atoms with E-state index in [-0.39, 0.29) is 7.43 Å². The van der Waals surface area contributed by atoms with E-state index in [4.69, 9.17) is 26.0 Å². The van der Waals surface area contributed by atoms with Crippen molar-refractivity contribution in [3.05, 3.63) is 527 Å². The van der Waals surface area contributed by atoms with Crippen LogP contribution in [-0.2, 0) is 4.74 Å². The zero-order valence-corrected chi connectivity index (χ0v) is 76.5. The van der Waals surface area contributed by atoms with Gasteiger partial charge in [0.1, 0.15) is 5.75 Å². The fraction of sp³-hybridized carbons (Fsp3) is 0.0388. The Balaban J connectivity index is 0.000000139. The van der Waals surface area contributed by atoms with Crippen LogP contribution in [0.2, 0.25) is 5.02 Å². The normalized spacial score (nSPS) is 11.4. The fourth-order valence-electron chi connectivity index (χ4n) is 18.3. The first-order valence-electron chi connectivity index (χ1n) is 46.4. The third kappa shape index (κ3) is 20.2. The van der Waals surface area contributed by atoms with Gasteiger partial charge >= 0.3 is 7.69 Å². The molecule has 2 aromatic heterocycles. The minimum absolute atomic E-state index is 0. The Morgan fingerprint density at radius 2 is 0.457 bits per heavy atom. The highest BCUT2D eigenvalue weighted by atomic mass is 35.5. The number of aromatic nitrogens is 2. The molecule has 3 heterocycles. The van der Waals surface area contributed by atoms with Crippen LogP contribution in [0.4, 0.5) is 34.1 Å². The average Bonchev–Trinajstić information content (AvgIpc) is 1.63. The minimum Gasteiger partial charge on any atom is -0.537 e. The van der Waals surface area contributed by atoms with Gasteiger partial charge in [-0.2, -0.15) is 0 Å². The van der Waals surface area contributed by atoms with Crippen LogP contribution >= 0.6 is 11.6 Å². The standard InChI is InChI=1S/C62H44N2.C32H22ClN.C30H23BNO2.C4H8O.CH4/c1-2-44-18-20-51(21-19-44)53-32-40-61-59(42-53)60-43-54(33-41-62(60)64(61)55-16-10-5-11-17-55)52-24-22-47(23-25-52)50-30-38-58(39-31-50)63(56-34-26-48(27-35-56)45-12-6-3-7-13-45)57-36-28-49(29-37-57)46-14-8-4-9-15-46;1-2-22-8-10-23(11-9-22)25-14-18-31-29(20-25)30-21-26(24-12-16-27(33)17-13-24)15-19-32(30)34(31)28-6-4-3-5-7-28;33-31-34-30-21-19-29(20-22-30)32(27-15-11-25(12-16-27)23-7-3-1-4-8-23)28-17-13-26(14-18-28)24-9-5-2-6-10-24;1-2-4-5-3-1;/h2-43H,1H2;2-21H,1H2;1-22,33H;1-4H2;1H4. The molecule has 0 bridgehead atoms. The highest BCUT2D eigenvalue weighted by Gasteiger charge is 2.21. The fourth-order valence-corrected chi connectivity index (χ4v) is 18.4. The number of ether oxygens (including phenoxy) is 1. The molecule has 0 atom stereocenters. The number of hydrogen-bond donors (Lipinski definition) is 1. The van der Waals surface area contributed by atoms with E-state index in [9.17, 15) is 0 Å². The maximum absolute atomic E-state index is 8.94. The zero-order valence-electron chi connectivity index (χ0n) is 75.7. The molecule has 1 aliphatic rings. The van der Waals surface area contributed by atoms with Crippen molar-refractivity contribution in [2.24, 2.45) is 0 Å². The highest BCUT2D eigenvalue weighted by molar-refractivity contribution is 6.30. The van der Waals surface area contributed by atoms with Crippen LogP contribution < -0.4 is 14.5 Å². The first-order chi connectivity index (χ1) is 67.7. The van der Waals surface area contributed by atoms with E-state index in [1.807, 2.05) is 60.7 Å². The lowest BCUT2D eigenvalue weighted by molar-refractivity contribution is 0.198. The molecule has 0 spiro atoms. The number of nitrogens with zero attached hydrogens (tertiary/aromatic N) is 4. The first kappa shape index (κ1) is 90.3. The van der Waals surface area contributed by atoms with E-state index >= 15 is 0 Å². The molecule has 1 fully saturated rings. The number of rotatable bonds is 21. The Kier molecular flexibility index (Phi) is 27.9. The molecule has 20 aromatic carbocycles. The molecule has 0 unspecified atom stereocenters. The summed E-state index contributed by atoms with van der Waals surface area (Å²) in [6, 6.07) is 176. The van der Waals surface area contributed by atoms with E-state index in [1.165, 1.54) is 151 Å². The molecule has 9 heteroatoms. The van der Waals surface area contributed by atoms with Crippen molar-refractivity contribution < 1.29 is 14.4 Å². The van der Waals surface area contributed by atoms with Gasteiger partial charge < -0.3 is 33.3 Å². The molecule has 23 rings (SSSR count). The second kappa shape index (κ2) is 42.6. The van der Waals surface area contributed by atoms with E-state index in [0.29, 0.717) is 13.4 Å². The molecule has 1 aliphatic heterocycles. The molecule has 1 radical (unpaired) electrons. The van der Waals surface area contributed by atoms with Crippen molar-refractivity contribution in [3.8, 4) is 117 Å². The Bertz CT molecular complexity index is 7670. The van der Waals surface area contributed by atoms with Crippen molar-refractivity contribution >= 4 is 109 Å². The van der Waals surface area contributed by atoms with Crippen molar-refractivity contribution in [1.82, 2.24) is 9.13 Å². The molecule has 1 N–H and O–H groups in total. The third-order valence-corrected chi connectivity index (χ3v) is 25.7. The molecular weight excluding hydrogens is 1700 g/mol. The maximum Gasteiger partial charge on any atom is 0.569 e. The van der Waals surface area contributed by atoms with Crippen molar-refractivity contribution in [2.45, 2.75) is 20.3 Å². The lowest BCUT2D eigenvalue weighted by Gasteiger charge is -2.26. The van der Waals surface area contributed by atoms with Gasteiger partial charge in [0.05, 0.1) is 22.1 Å². The molecule has 1 saturated heterocycles. The van der Waals surface area contributed by atoms with Crippen LogP contribution in [0.1, 0.15) is 31.4 Å². The predicted octanol–water partition coefficient (Wildman–Crippen LogP) is 35.5. The molecule has 0 aliphatic carbocycles. The van der Waals surface area contributed by atoms with Crippen molar-refractivity contribution in [3.63, 3.8) is 0 Å². The molecule has 0 saturated carbocycles. The second-order valence-electron chi connectivity index (χ2n) is 33.9. The molecule has 22 aromatic rings. The lowest BCUT2D eigenvalue weighted by Crippen LogP contribution is -2.10. The van der Waals surface area contributed by atoms with Gasteiger partial charge in [-0.05, 0) is 294 Å². The van der Waals surface area contributed by atoms with E-state index < -0.39 is 0 Å². The van der Waals surface area contributed by atoms with Gasteiger partial charge in [-0.25, -0.2) is 0 Å². The molecule has 138 heavy (non-hydrogen) atoms. The van der Waals surface area contributed by atoms with Gasteiger partial charge in [0.25, 0.3) is 0 Å². The summed E-state index contributed by atoms with van der Waals surface area (Å²) in [6.07, 6.45) is 6.32. The van der Waals surface area contributed by atoms with Crippen LogP contribution in [0.3, 0.4) is 0 Å². The van der Waals surface area contributed by atoms with Gasteiger partial charge in [-0.15, -0.1) is 0 Å². The van der Waals surface area contributed by atoms with Crippen LogP contribution in [0.15, 0.2) is 511 Å². The number of benzene rings is 20. The Labute approximate surface area is 814 Å². The molecule has 665 valence electrons. The highest BCUT2D eigenvalue weighted by Crippen LogP contribution is 2.45. The van der Waals surface area contributed by atoms with E-state index in [1.54, 1.807) is 0 Å². The number of fused-ring (bicyclic) bond motifs is 6. The minimum atomic E-state index is 0. The van der Waals surface area contributed by atoms with E-state index in [2.05, 4.69) is 481 Å². The SMILES string of the molecule is C.C1CCOC1.C=Cc1ccc(-c2ccc3c(c2)c2cc(-c4ccc(-c5ccc(N(c6ccc(-c7ccccc7)cc6)c6ccc(-c7ccccc7)cc6)cc5)cc4)ccc2n3-c2ccccc2)cc1.C=Cc1ccc(-c2ccc3c(c2)c2cc(-c4ccc(Cl)cc4)ccc2n3-c2ccccc2)cc1.O[B]Oc1ccc(N(c2ccc(-c3ccccc3)cc2)c2ccc(-c3ccccc3)cc2)cc1. The molecule has 7 nitrogen and oxygen atoms in total. The largest absolute Gasteiger partial charge is 0.569 e. The predicted molar refractivity (Wildman–Crippen MR) is 587 cm³/mol. The van der Waals surface area contributed by atoms with Crippen LogP contribution in [0.5, 0.6) is 5.75 Å². The van der Waals surface area contributed by atoms with Gasteiger partial charge in [0, 0.05) is 85.3 Å². The third-order valence-electron chi connectivity index (χ3n) is 25.4. The Morgan fingerprint density at radius 3 is 0.688 bits per heavy atom. The van der Waals surface area contributed by atoms with Crippen LogP contribution in [0, 0.1) is 0 Å². The molecule has 0 amide bonds. The van der Waals surface area contributed by atoms with Gasteiger partial charge in [-0.1, -0.05) is 372 Å². The number of hydrogen-bond acceptors (Lipinski definition) is 5. The summed E-state index contributed by atoms with van der Waals surface area (Å²) in [4.78, 5) is 4.54. The van der Waals surface area contributed by atoms with Gasteiger partial charge in [0.15, 0.2) is 0 Å². The lowest BCUT2D eigenvalue weighted by atomic mass is 9.98. The Morgan fingerprint density at radius 1 is 0.254 bits per heavy atom. The van der Waals surface area contributed by atoms with Crippen LogP contribution in [-0.4, -0.2) is 35.1 Å². The quantitative estimate of drug-likeness (QED) is 0.0727. The smallest absolute Gasteiger partial charge is 0.537 e. The van der Waals surface area contributed by atoms with E-state index in [0.717, 1.165) is 80.4 Å². The summed E-state index contributed by atoms with van der Waals surface area (Å²) >= 11 is 6.13. The van der Waals surface area contributed by atoms with Crippen molar-refractivity contribution in [1.29, 1.82) is 0 Å². The number of para-hydroxylation sites is 2. The summed E-state index contributed by atoms with van der Waals surface area (Å²) in [6.45, 7) is 9.80. The first-order valence-corrected chi connectivity index (χ1v) is 46.8. The summed E-state index contributed by atoms with van der Waals surface area (Å²) in [5.74, 6) is 0.574. The second-order valence-corrected chi connectivity index (χ2v) is 34.3. The maximum atomic E-state index is 8.94. The average molecular weight is 1800 g/mol. The van der Waals surface area contributed by atoms with Gasteiger partial charge in [-0.3, -0.25) is 0 Å². The summed E-state index contributed by atoms with van der Waals surface area (Å²) in [5, 5.41) is 14.6. The summed E-state index contributed by atoms with van der Waals surface area (Å²) in [7, 11) is 0.692. The van der Waals surface area contributed by atoms with Gasteiger partial charge in [0.2, 0.25) is 0 Å². The summed E-state index contributed by atoms with van der Waals surface area (Å²) in [5.41, 5.74) is 37.1. The Hall–Kier alpha value is -16.8. The topological polar surface area (TPSA) is 55.0 Å². The summed E-state index contributed by atoms with van der Waals surface area (Å²) < 4.78 is 14.8. The monoisotopic (exact) mass is 1800 g/mol. The number of halogens is 1. The molecular formula is C129H101BClN4O3. The number of anilines is 6.